The Morgan fingerprint density at radius 1 is 1.41 bits per heavy atom. The standard InChI is InChI=1S/C12H21N3O2/c1-3-5-7-11-10-15(14-13-11)9-6-8-12(16)17-4-2/h10H,3-9H2,1-2H3. The van der Waals surface area contributed by atoms with E-state index in [1.807, 2.05) is 13.1 Å². The smallest absolute Gasteiger partial charge is 0.305 e. The Morgan fingerprint density at radius 2 is 2.24 bits per heavy atom. The number of aromatic nitrogens is 3. The van der Waals surface area contributed by atoms with Crippen LogP contribution in [0, 0.1) is 0 Å². The van der Waals surface area contributed by atoms with Crippen molar-refractivity contribution in [2.24, 2.45) is 0 Å². The van der Waals surface area contributed by atoms with Crippen LogP contribution in [-0.2, 0) is 22.5 Å². The number of hydrogen-bond acceptors (Lipinski definition) is 4. The van der Waals surface area contributed by atoms with Crippen LogP contribution < -0.4 is 0 Å². The van der Waals surface area contributed by atoms with Crippen LogP contribution >= 0.6 is 0 Å². The monoisotopic (exact) mass is 239 g/mol. The molecule has 17 heavy (non-hydrogen) atoms. The number of hydrogen-bond donors (Lipinski definition) is 0. The fourth-order valence-corrected chi connectivity index (χ4v) is 1.54. The summed E-state index contributed by atoms with van der Waals surface area (Å²) in [5, 5.41) is 8.11. The Kier molecular flexibility index (Phi) is 6.29. The Labute approximate surface area is 102 Å². The lowest BCUT2D eigenvalue weighted by Gasteiger charge is -2.01. The minimum absolute atomic E-state index is 0.140. The van der Waals surface area contributed by atoms with Gasteiger partial charge in [0.25, 0.3) is 0 Å². The van der Waals surface area contributed by atoms with Gasteiger partial charge in [0, 0.05) is 19.2 Å². The number of ether oxygens (including phenoxy) is 1. The van der Waals surface area contributed by atoms with E-state index >= 15 is 0 Å². The molecule has 0 aliphatic rings. The highest BCUT2D eigenvalue weighted by atomic mass is 16.5. The van der Waals surface area contributed by atoms with E-state index in [1.165, 1.54) is 0 Å². The van der Waals surface area contributed by atoms with Crippen molar-refractivity contribution < 1.29 is 9.53 Å². The molecule has 0 aliphatic heterocycles. The van der Waals surface area contributed by atoms with Gasteiger partial charge in [0.05, 0.1) is 12.3 Å². The number of unbranched alkanes of at least 4 members (excludes halogenated alkanes) is 1. The molecule has 0 saturated heterocycles. The van der Waals surface area contributed by atoms with Gasteiger partial charge < -0.3 is 4.74 Å². The van der Waals surface area contributed by atoms with E-state index in [4.69, 9.17) is 4.74 Å². The molecule has 0 aromatic carbocycles. The first kappa shape index (κ1) is 13.7. The maximum Gasteiger partial charge on any atom is 0.305 e. The molecule has 1 aromatic rings. The van der Waals surface area contributed by atoms with E-state index in [2.05, 4.69) is 17.2 Å². The molecular weight excluding hydrogens is 218 g/mol. The number of aryl methyl sites for hydroxylation is 2. The maximum atomic E-state index is 11.1. The normalized spacial score (nSPS) is 10.5. The molecule has 0 radical (unpaired) electrons. The van der Waals surface area contributed by atoms with Crippen LogP contribution in [0.5, 0.6) is 0 Å². The van der Waals surface area contributed by atoms with E-state index < -0.39 is 0 Å². The first-order valence-corrected chi connectivity index (χ1v) is 6.30. The molecule has 0 atom stereocenters. The maximum absolute atomic E-state index is 11.1. The summed E-state index contributed by atoms with van der Waals surface area (Å²) in [6.07, 6.45) is 6.43. The number of rotatable bonds is 8. The van der Waals surface area contributed by atoms with Gasteiger partial charge in [-0.25, -0.2) is 0 Å². The van der Waals surface area contributed by atoms with Crippen molar-refractivity contribution >= 4 is 5.97 Å². The van der Waals surface area contributed by atoms with Gasteiger partial charge in [-0.2, -0.15) is 0 Å². The van der Waals surface area contributed by atoms with Crippen molar-refractivity contribution in [3.8, 4) is 0 Å². The summed E-state index contributed by atoms with van der Waals surface area (Å²) < 4.78 is 6.65. The second kappa shape index (κ2) is 7.81. The minimum atomic E-state index is -0.140. The van der Waals surface area contributed by atoms with E-state index in [0.717, 1.165) is 37.9 Å². The Hall–Kier alpha value is -1.39. The summed E-state index contributed by atoms with van der Waals surface area (Å²) in [6.45, 7) is 5.14. The summed E-state index contributed by atoms with van der Waals surface area (Å²) in [5.74, 6) is -0.140. The molecule has 1 aromatic heterocycles. The van der Waals surface area contributed by atoms with Crippen LogP contribution in [0.4, 0.5) is 0 Å². The van der Waals surface area contributed by atoms with Crippen LogP contribution in [0.15, 0.2) is 6.20 Å². The van der Waals surface area contributed by atoms with Gasteiger partial charge in [0.1, 0.15) is 0 Å². The molecule has 0 N–H and O–H groups in total. The summed E-state index contributed by atoms with van der Waals surface area (Å²) in [4.78, 5) is 11.1. The highest BCUT2D eigenvalue weighted by molar-refractivity contribution is 5.69. The fourth-order valence-electron chi connectivity index (χ4n) is 1.54. The SMILES string of the molecule is CCCCc1cn(CCCC(=O)OCC)nn1. The zero-order valence-electron chi connectivity index (χ0n) is 10.7. The summed E-state index contributed by atoms with van der Waals surface area (Å²) in [7, 11) is 0. The summed E-state index contributed by atoms with van der Waals surface area (Å²) >= 11 is 0. The highest BCUT2D eigenvalue weighted by Gasteiger charge is 2.03. The average molecular weight is 239 g/mol. The van der Waals surface area contributed by atoms with Crippen LogP contribution in [0.1, 0.15) is 45.2 Å². The largest absolute Gasteiger partial charge is 0.466 e. The van der Waals surface area contributed by atoms with Crippen LogP contribution in [0.2, 0.25) is 0 Å². The molecule has 5 nitrogen and oxygen atoms in total. The van der Waals surface area contributed by atoms with Gasteiger partial charge in [-0.1, -0.05) is 18.6 Å². The van der Waals surface area contributed by atoms with Crippen LogP contribution in [0.25, 0.3) is 0 Å². The molecule has 0 spiro atoms. The van der Waals surface area contributed by atoms with Crippen LogP contribution in [0.3, 0.4) is 0 Å². The molecule has 1 heterocycles. The van der Waals surface area contributed by atoms with Gasteiger partial charge >= 0.3 is 5.97 Å². The first-order chi connectivity index (χ1) is 8.26. The number of nitrogens with zero attached hydrogens (tertiary/aromatic N) is 3. The molecule has 0 unspecified atom stereocenters. The Morgan fingerprint density at radius 3 is 2.94 bits per heavy atom. The predicted octanol–water partition coefficient (Wildman–Crippen LogP) is 1.96. The molecule has 0 bridgehead atoms. The Balaban J connectivity index is 2.22. The minimum Gasteiger partial charge on any atom is -0.466 e. The lowest BCUT2D eigenvalue weighted by Crippen LogP contribution is -2.06. The third-order valence-electron chi connectivity index (χ3n) is 2.45. The van der Waals surface area contributed by atoms with Crippen molar-refractivity contribution in [3.05, 3.63) is 11.9 Å². The van der Waals surface area contributed by atoms with E-state index in [-0.39, 0.29) is 5.97 Å². The second-order valence-electron chi connectivity index (χ2n) is 3.99. The lowest BCUT2D eigenvalue weighted by molar-refractivity contribution is -0.143. The molecule has 0 amide bonds. The third kappa shape index (κ3) is 5.47. The fraction of sp³-hybridized carbons (Fsp3) is 0.750. The molecule has 0 fully saturated rings. The molecule has 0 saturated carbocycles. The summed E-state index contributed by atoms with van der Waals surface area (Å²) in [5.41, 5.74) is 1.03. The van der Waals surface area contributed by atoms with Gasteiger partial charge in [-0.3, -0.25) is 9.48 Å². The zero-order chi connectivity index (χ0) is 12.5. The van der Waals surface area contributed by atoms with Crippen molar-refractivity contribution in [2.45, 2.75) is 52.5 Å². The van der Waals surface area contributed by atoms with Crippen molar-refractivity contribution in [1.29, 1.82) is 0 Å². The molecular formula is C12H21N3O2. The number of carbonyl (C=O) groups excluding carboxylic acids is 1. The van der Waals surface area contributed by atoms with Crippen LogP contribution in [-0.4, -0.2) is 27.6 Å². The summed E-state index contributed by atoms with van der Waals surface area (Å²) in [6, 6.07) is 0. The van der Waals surface area contributed by atoms with Gasteiger partial charge in [-0.15, -0.1) is 5.10 Å². The third-order valence-corrected chi connectivity index (χ3v) is 2.45. The molecule has 1 rings (SSSR count). The second-order valence-corrected chi connectivity index (χ2v) is 3.99. The number of esters is 1. The Bertz CT molecular complexity index is 336. The van der Waals surface area contributed by atoms with Gasteiger partial charge in [-0.05, 0) is 26.2 Å². The van der Waals surface area contributed by atoms with Crippen molar-refractivity contribution in [1.82, 2.24) is 15.0 Å². The predicted molar refractivity (Wildman–Crippen MR) is 64.5 cm³/mol. The highest BCUT2D eigenvalue weighted by Crippen LogP contribution is 2.02. The van der Waals surface area contributed by atoms with Crippen molar-refractivity contribution in [2.75, 3.05) is 6.61 Å². The first-order valence-electron chi connectivity index (χ1n) is 6.30. The van der Waals surface area contributed by atoms with Gasteiger partial charge in [0.15, 0.2) is 0 Å². The van der Waals surface area contributed by atoms with E-state index in [0.29, 0.717) is 13.0 Å². The van der Waals surface area contributed by atoms with E-state index in [9.17, 15) is 4.79 Å². The molecule has 5 heteroatoms. The van der Waals surface area contributed by atoms with Crippen molar-refractivity contribution in [3.63, 3.8) is 0 Å². The quantitative estimate of drug-likeness (QED) is 0.651. The number of carbonyl (C=O) groups is 1. The zero-order valence-corrected chi connectivity index (χ0v) is 10.7. The molecule has 96 valence electrons. The topological polar surface area (TPSA) is 57.0 Å². The van der Waals surface area contributed by atoms with E-state index in [1.54, 1.807) is 4.68 Å². The van der Waals surface area contributed by atoms with Gasteiger partial charge in [0.2, 0.25) is 0 Å². The average Bonchev–Trinajstić information content (AvgIpc) is 2.75. The lowest BCUT2D eigenvalue weighted by atomic mass is 10.2. The molecule has 0 aliphatic carbocycles.